The summed E-state index contributed by atoms with van der Waals surface area (Å²) in [7, 11) is 3.36. The maximum Gasteiger partial charge on any atom is 0.222 e. The average Bonchev–Trinajstić information content (AvgIpc) is 3.02. The molecular formula is C21H27FN4O2. The van der Waals surface area contributed by atoms with Crippen LogP contribution in [0.4, 0.5) is 4.39 Å². The van der Waals surface area contributed by atoms with Gasteiger partial charge in [-0.15, -0.1) is 0 Å². The summed E-state index contributed by atoms with van der Waals surface area (Å²) in [6.45, 7) is 4.29. The van der Waals surface area contributed by atoms with Gasteiger partial charge in [0.05, 0.1) is 23.6 Å². The SMILES string of the molecule is CN(C)C(=O)CCC(=O)NC1CC(C)(C)Cc2c1cnn2-c1cccc(F)c1. The summed E-state index contributed by atoms with van der Waals surface area (Å²) >= 11 is 0. The summed E-state index contributed by atoms with van der Waals surface area (Å²) in [4.78, 5) is 25.6. The van der Waals surface area contributed by atoms with Gasteiger partial charge in [-0.25, -0.2) is 9.07 Å². The van der Waals surface area contributed by atoms with E-state index < -0.39 is 0 Å². The fourth-order valence-electron chi connectivity index (χ4n) is 3.71. The normalized spacial score (nSPS) is 17.7. The summed E-state index contributed by atoms with van der Waals surface area (Å²) in [6.07, 6.45) is 3.66. The summed E-state index contributed by atoms with van der Waals surface area (Å²) in [6, 6.07) is 6.16. The van der Waals surface area contributed by atoms with Gasteiger partial charge in [0, 0.05) is 32.5 Å². The molecular weight excluding hydrogens is 359 g/mol. The van der Waals surface area contributed by atoms with Gasteiger partial charge in [0.2, 0.25) is 11.8 Å². The van der Waals surface area contributed by atoms with E-state index in [1.807, 2.05) is 6.07 Å². The summed E-state index contributed by atoms with van der Waals surface area (Å²) in [5.41, 5.74) is 2.56. The highest BCUT2D eigenvalue weighted by Crippen LogP contribution is 2.41. The lowest BCUT2D eigenvalue weighted by Crippen LogP contribution is -2.37. The van der Waals surface area contributed by atoms with Gasteiger partial charge in [-0.2, -0.15) is 5.10 Å². The van der Waals surface area contributed by atoms with Crippen molar-refractivity contribution < 1.29 is 14.0 Å². The van der Waals surface area contributed by atoms with Crippen LogP contribution in [0.5, 0.6) is 0 Å². The van der Waals surface area contributed by atoms with Gasteiger partial charge < -0.3 is 10.2 Å². The molecule has 1 aliphatic rings. The predicted molar refractivity (Wildman–Crippen MR) is 104 cm³/mol. The van der Waals surface area contributed by atoms with Crippen LogP contribution in [0.3, 0.4) is 0 Å². The van der Waals surface area contributed by atoms with Crippen LogP contribution in [0.1, 0.15) is 50.4 Å². The van der Waals surface area contributed by atoms with Gasteiger partial charge in [-0.3, -0.25) is 9.59 Å². The van der Waals surface area contributed by atoms with Crippen molar-refractivity contribution in [2.45, 2.75) is 45.6 Å². The standard InChI is InChI=1S/C21H27FN4O2/c1-21(2)11-17(24-19(27)8-9-20(28)25(3)4)16-13-23-26(18(16)12-21)15-7-5-6-14(22)10-15/h5-7,10,13,17H,8-9,11-12H2,1-4H3,(H,24,27). The second-order valence-electron chi connectivity index (χ2n) is 8.39. The number of aromatic nitrogens is 2. The van der Waals surface area contributed by atoms with Crippen LogP contribution in [0.25, 0.3) is 5.69 Å². The fourth-order valence-corrected chi connectivity index (χ4v) is 3.71. The highest BCUT2D eigenvalue weighted by molar-refractivity contribution is 5.83. The number of rotatable bonds is 5. The molecule has 28 heavy (non-hydrogen) atoms. The smallest absolute Gasteiger partial charge is 0.222 e. The lowest BCUT2D eigenvalue weighted by molar-refractivity contribution is -0.131. The first-order valence-corrected chi connectivity index (χ1v) is 9.48. The third-order valence-electron chi connectivity index (χ3n) is 5.13. The van der Waals surface area contributed by atoms with E-state index in [1.165, 1.54) is 17.0 Å². The minimum Gasteiger partial charge on any atom is -0.349 e. The zero-order chi connectivity index (χ0) is 20.5. The fraction of sp³-hybridized carbons (Fsp3) is 0.476. The predicted octanol–water partition coefficient (Wildman–Crippen LogP) is 3.01. The third kappa shape index (κ3) is 4.40. The molecule has 1 unspecified atom stereocenters. The molecule has 1 aliphatic carbocycles. The van der Waals surface area contributed by atoms with Crippen molar-refractivity contribution in [3.8, 4) is 5.69 Å². The quantitative estimate of drug-likeness (QED) is 0.859. The first kappa shape index (κ1) is 20.0. The van der Waals surface area contributed by atoms with Crippen LogP contribution in [-0.2, 0) is 16.0 Å². The van der Waals surface area contributed by atoms with Gasteiger partial charge in [-0.1, -0.05) is 19.9 Å². The Morgan fingerprint density at radius 1 is 1.32 bits per heavy atom. The number of hydrogen-bond donors (Lipinski definition) is 1. The van der Waals surface area contributed by atoms with Crippen molar-refractivity contribution in [3.63, 3.8) is 0 Å². The minimum atomic E-state index is -0.313. The van der Waals surface area contributed by atoms with Gasteiger partial charge in [0.1, 0.15) is 5.82 Å². The summed E-state index contributed by atoms with van der Waals surface area (Å²) in [5, 5.41) is 7.53. The zero-order valence-corrected chi connectivity index (χ0v) is 16.8. The highest BCUT2D eigenvalue weighted by atomic mass is 19.1. The van der Waals surface area contributed by atoms with Gasteiger partial charge in [0.25, 0.3) is 0 Å². The number of halogens is 1. The van der Waals surface area contributed by atoms with Gasteiger partial charge in [0.15, 0.2) is 0 Å². The molecule has 1 aromatic heterocycles. The van der Waals surface area contributed by atoms with E-state index >= 15 is 0 Å². The molecule has 0 saturated carbocycles. The van der Waals surface area contributed by atoms with E-state index in [4.69, 9.17) is 0 Å². The molecule has 0 saturated heterocycles. The van der Waals surface area contributed by atoms with Crippen LogP contribution in [0.2, 0.25) is 0 Å². The van der Waals surface area contributed by atoms with Gasteiger partial charge in [-0.05, 0) is 36.5 Å². The number of benzene rings is 1. The third-order valence-corrected chi connectivity index (χ3v) is 5.13. The minimum absolute atomic E-state index is 0.0461. The molecule has 0 spiro atoms. The number of nitrogens with one attached hydrogen (secondary N) is 1. The Balaban J connectivity index is 1.82. The number of amides is 2. The lowest BCUT2D eigenvalue weighted by atomic mass is 9.74. The van der Waals surface area contributed by atoms with E-state index in [0.717, 1.165) is 24.1 Å². The van der Waals surface area contributed by atoms with Crippen LogP contribution in [0.15, 0.2) is 30.5 Å². The topological polar surface area (TPSA) is 67.2 Å². The second kappa shape index (κ2) is 7.73. The first-order chi connectivity index (χ1) is 13.2. The Labute approximate surface area is 164 Å². The number of carbonyl (C=O) groups excluding carboxylic acids is 2. The van der Waals surface area contributed by atoms with Crippen molar-refractivity contribution in [2.24, 2.45) is 5.41 Å². The molecule has 2 aromatic rings. The van der Waals surface area contributed by atoms with Gasteiger partial charge >= 0.3 is 0 Å². The van der Waals surface area contributed by atoms with Crippen molar-refractivity contribution >= 4 is 11.8 Å². The van der Waals surface area contributed by atoms with Crippen molar-refractivity contribution in [2.75, 3.05) is 14.1 Å². The van der Waals surface area contributed by atoms with Crippen LogP contribution < -0.4 is 5.32 Å². The number of fused-ring (bicyclic) bond motifs is 1. The maximum absolute atomic E-state index is 13.7. The molecule has 150 valence electrons. The van der Waals surface area contributed by atoms with E-state index in [-0.39, 0.29) is 41.9 Å². The highest BCUT2D eigenvalue weighted by Gasteiger charge is 2.36. The summed E-state index contributed by atoms with van der Waals surface area (Å²) in [5.74, 6) is -0.534. The molecule has 6 nitrogen and oxygen atoms in total. The molecule has 1 atom stereocenters. The largest absolute Gasteiger partial charge is 0.349 e. The molecule has 2 amide bonds. The van der Waals surface area contributed by atoms with Crippen molar-refractivity contribution in [1.29, 1.82) is 0 Å². The molecule has 7 heteroatoms. The molecule has 0 fully saturated rings. The molecule has 1 heterocycles. The lowest BCUT2D eigenvalue weighted by Gasteiger charge is -2.36. The molecule has 1 N–H and O–H groups in total. The van der Waals surface area contributed by atoms with E-state index in [0.29, 0.717) is 5.69 Å². The number of hydrogen-bond acceptors (Lipinski definition) is 3. The maximum atomic E-state index is 13.7. The van der Waals surface area contributed by atoms with Crippen LogP contribution in [-0.4, -0.2) is 40.6 Å². The monoisotopic (exact) mass is 386 g/mol. The Morgan fingerprint density at radius 2 is 2.07 bits per heavy atom. The van der Waals surface area contributed by atoms with Crippen LogP contribution in [0, 0.1) is 11.2 Å². The zero-order valence-electron chi connectivity index (χ0n) is 16.8. The van der Waals surface area contributed by atoms with Crippen LogP contribution >= 0.6 is 0 Å². The number of nitrogens with zero attached hydrogens (tertiary/aromatic N) is 3. The molecule has 0 aliphatic heterocycles. The first-order valence-electron chi connectivity index (χ1n) is 9.48. The van der Waals surface area contributed by atoms with Crippen molar-refractivity contribution in [3.05, 3.63) is 47.5 Å². The molecule has 3 rings (SSSR count). The average molecular weight is 386 g/mol. The second-order valence-corrected chi connectivity index (χ2v) is 8.39. The Bertz CT molecular complexity index is 888. The Hall–Kier alpha value is -2.70. The van der Waals surface area contributed by atoms with E-state index in [9.17, 15) is 14.0 Å². The molecule has 0 bridgehead atoms. The summed E-state index contributed by atoms with van der Waals surface area (Å²) < 4.78 is 15.4. The van der Waals surface area contributed by atoms with E-state index in [1.54, 1.807) is 31.0 Å². The Morgan fingerprint density at radius 3 is 2.75 bits per heavy atom. The number of carbonyl (C=O) groups is 2. The Kier molecular flexibility index (Phi) is 5.54. The van der Waals surface area contributed by atoms with E-state index in [2.05, 4.69) is 24.3 Å². The van der Waals surface area contributed by atoms with Crippen molar-refractivity contribution in [1.82, 2.24) is 20.0 Å². The molecule has 0 radical (unpaired) electrons. The molecule has 1 aromatic carbocycles.